The number of carbonyl (C=O) groups is 1. The molecular weight excluding hydrogens is 256 g/mol. The van der Waals surface area contributed by atoms with E-state index in [1.165, 1.54) is 17.7 Å². The molecule has 0 saturated heterocycles. The Balaban J connectivity index is 1.79. The van der Waals surface area contributed by atoms with Gasteiger partial charge in [0.2, 0.25) is 0 Å². The fourth-order valence-electron chi connectivity index (χ4n) is 2.22. The summed E-state index contributed by atoms with van der Waals surface area (Å²) in [5.41, 5.74) is 2.90. The van der Waals surface area contributed by atoms with Gasteiger partial charge < -0.3 is 10.6 Å². The monoisotopic (exact) mass is 270 g/mol. The van der Waals surface area contributed by atoms with Crippen molar-refractivity contribution in [3.63, 3.8) is 0 Å². The number of nitrogens with one attached hydrogen (secondary N) is 3. The predicted octanol–water partition coefficient (Wildman–Crippen LogP) is 1.38. The molecule has 0 spiro atoms. The maximum Gasteiger partial charge on any atom is 0.276 e. The molecule has 20 heavy (non-hydrogen) atoms. The number of amides is 1. The van der Waals surface area contributed by atoms with Gasteiger partial charge in [-0.15, -0.1) is 0 Å². The van der Waals surface area contributed by atoms with Gasteiger partial charge in [-0.25, -0.2) is 5.10 Å². The number of hydrogen-bond donors (Lipinski definition) is 3. The van der Waals surface area contributed by atoms with E-state index in [2.05, 4.69) is 20.8 Å². The second-order valence-corrected chi connectivity index (χ2v) is 4.66. The third-order valence-electron chi connectivity index (χ3n) is 3.21. The van der Waals surface area contributed by atoms with Gasteiger partial charge in [-0.1, -0.05) is 0 Å². The van der Waals surface area contributed by atoms with Gasteiger partial charge in [0.25, 0.3) is 11.5 Å². The SMILES string of the molecule is O=C(Nc1ccc2c(c1)CCCN2)c1ccc(=O)[nH]n1. The smallest absolute Gasteiger partial charge is 0.276 e. The van der Waals surface area contributed by atoms with Crippen molar-refractivity contribution in [1.29, 1.82) is 0 Å². The molecule has 1 aliphatic rings. The van der Waals surface area contributed by atoms with Crippen LogP contribution in [0.3, 0.4) is 0 Å². The fourth-order valence-corrected chi connectivity index (χ4v) is 2.22. The standard InChI is InChI=1S/C14H14N4O2/c19-13-6-5-12(17-18-13)14(20)16-10-3-4-11-9(8-10)2-1-7-15-11/h3-6,8,15H,1-2,7H2,(H,16,20)(H,18,19). The van der Waals surface area contributed by atoms with Crippen molar-refractivity contribution in [2.45, 2.75) is 12.8 Å². The highest BCUT2D eigenvalue weighted by atomic mass is 16.2. The Bertz CT molecular complexity index is 688. The lowest BCUT2D eigenvalue weighted by atomic mass is 10.0. The molecule has 102 valence electrons. The molecule has 2 heterocycles. The van der Waals surface area contributed by atoms with Crippen LogP contribution in [0, 0.1) is 0 Å². The van der Waals surface area contributed by atoms with Crippen molar-refractivity contribution in [3.05, 3.63) is 51.9 Å². The summed E-state index contributed by atoms with van der Waals surface area (Å²) in [7, 11) is 0. The lowest BCUT2D eigenvalue weighted by Crippen LogP contribution is -2.18. The average Bonchev–Trinajstić information content (AvgIpc) is 2.48. The van der Waals surface area contributed by atoms with Gasteiger partial charge in [0, 0.05) is 24.0 Å². The first-order valence-electron chi connectivity index (χ1n) is 6.46. The van der Waals surface area contributed by atoms with Crippen LogP contribution in [0.15, 0.2) is 35.1 Å². The Morgan fingerprint density at radius 1 is 1.25 bits per heavy atom. The first kappa shape index (κ1) is 12.4. The van der Waals surface area contributed by atoms with Crippen LogP contribution in [0.4, 0.5) is 11.4 Å². The molecule has 3 rings (SSSR count). The molecule has 1 aliphatic heterocycles. The molecule has 6 heteroatoms. The molecule has 0 fully saturated rings. The Labute approximate surface area is 115 Å². The van der Waals surface area contributed by atoms with Crippen LogP contribution in [0.1, 0.15) is 22.5 Å². The zero-order valence-corrected chi connectivity index (χ0v) is 10.8. The highest BCUT2D eigenvalue weighted by Gasteiger charge is 2.11. The summed E-state index contributed by atoms with van der Waals surface area (Å²) in [6, 6.07) is 8.45. The zero-order valence-electron chi connectivity index (χ0n) is 10.8. The van der Waals surface area contributed by atoms with Crippen molar-refractivity contribution in [2.75, 3.05) is 17.2 Å². The number of rotatable bonds is 2. The second-order valence-electron chi connectivity index (χ2n) is 4.66. The minimum Gasteiger partial charge on any atom is -0.385 e. The molecule has 1 aromatic heterocycles. The number of carbonyl (C=O) groups excluding carboxylic acids is 1. The minimum atomic E-state index is -0.343. The number of aromatic amines is 1. The van der Waals surface area contributed by atoms with Crippen molar-refractivity contribution in [3.8, 4) is 0 Å². The van der Waals surface area contributed by atoms with E-state index in [0.29, 0.717) is 0 Å². The number of hydrogen-bond acceptors (Lipinski definition) is 4. The number of fused-ring (bicyclic) bond motifs is 1. The summed E-state index contributed by atoms with van der Waals surface area (Å²) in [5, 5.41) is 12.0. The first-order valence-corrected chi connectivity index (χ1v) is 6.46. The van der Waals surface area contributed by atoms with Gasteiger partial charge >= 0.3 is 0 Å². The summed E-state index contributed by atoms with van der Waals surface area (Å²) < 4.78 is 0. The highest BCUT2D eigenvalue weighted by Crippen LogP contribution is 2.25. The van der Waals surface area contributed by atoms with Crippen molar-refractivity contribution in [2.24, 2.45) is 0 Å². The molecule has 0 bridgehead atoms. The Hall–Kier alpha value is -2.63. The van der Waals surface area contributed by atoms with Crippen LogP contribution >= 0.6 is 0 Å². The van der Waals surface area contributed by atoms with Crippen molar-refractivity contribution in [1.82, 2.24) is 10.2 Å². The summed E-state index contributed by atoms with van der Waals surface area (Å²) >= 11 is 0. The van der Waals surface area contributed by atoms with E-state index in [4.69, 9.17) is 0 Å². The topological polar surface area (TPSA) is 86.9 Å². The van der Waals surface area contributed by atoms with Crippen LogP contribution in [-0.4, -0.2) is 22.6 Å². The molecule has 0 radical (unpaired) electrons. The molecule has 0 atom stereocenters. The van der Waals surface area contributed by atoms with Crippen LogP contribution in [-0.2, 0) is 6.42 Å². The molecule has 0 unspecified atom stereocenters. The molecule has 2 aromatic rings. The van der Waals surface area contributed by atoms with Gasteiger partial charge in [0.05, 0.1) is 0 Å². The Morgan fingerprint density at radius 2 is 2.15 bits per heavy atom. The Kier molecular flexibility index (Phi) is 3.20. The lowest BCUT2D eigenvalue weighted by molar-refractivity contribution is 0.102. The molecule has 1 aromatic carbocycles. The van der Waals surface area contributed by atoms with Gasteiger partial charge in [0.15, 0.2) is 0 Å². The van der Waals surface area contributed by atoms with E-state index in [-0.39, 0.29) is 17.2 Å². The van der Waals surface area contributed by atoms with Crippen LogP contribution in [0.2, 0.25) is 0 Å². The second kappa shape index (κ2) is 5.16. The maximum atomic E-state index is 12.0. The Morgan fingerprint density at radius 3 is 2.95 bits per heavy atom. The summed E-state index contributed by atoms with van der Waals surface area (Å²) in [6.45, 7) is 0.986. The quantitative estimate of drug-likeness (QED) is 0.769. The average molecular weight is 270 g/mol. The number of aromatic nitrogens is 2. The highest BCUT2D eigenvalue weighted by molar-refractivity contribution is 6.02. The molecule has 0 saturated carbocycles. The van der Waals surface area contributed by atoms with Crippen LogP contribution < -0.4 is 16.2 Å². The van der Waals surface area contributed by atoms with E-state index < -0.39 is 0 Å². The normalized spacial score (nSPS) is 13.2. The first-order chi connectivity index (χ1) is 9.72. The van der Waals surface area contributed by atoms with Crippen molar-refractivity contribution >= 4 is 17.3 Å². The summed E-state index contributed by atoms with van der Waals surface area (Å²) in [4.78, 5) is 22.9. The maximum absolute atomic E-state index is 12.0. The number of anilines is 2. The molecular formula is C14H14N4O2. The van der Waals surface area contributed by atoms with E-state index in [9.17, 15) is 9.59 Å². The fraction of sp³-hybridized carbons (Fsp3) is 0.214. The summed E-state index contributed by atoms with van der Waals surface area (Å²) in [6.07, 6.45) is 2.09. The van der Waals surface area contributed by atoms with Gasteiger partial charge in [-0.3, -0.25) is 9.59 Å². The molecule has 0 aliphatic carbocycles. The van der Waals surface area contributed by atoms with E-state index in [1.54, 1.807) is 0 Å². The zero-order chi connectivity index (χ0) is 13.9. The van der Waals surface area contributed by atoms with Crippen LogP contribution in [0.5, 0.6) is 0 Å². The predicted molar refractivity (Wildman–Crippen MR) is 76.1 cm³/mol. The number of aryl methyl sites for hydroxylation is 1. The van der Waals surface area contributed by atoms with E-state index in [0.717, 1.165) is 30.8 Å². The number of benzene rings is 1. The number of nitrogens with zero attached hydrogens (tertiary/aromatic N) is 1. The molecule has 6 nitrogen and oxygen atoms in total. The summed E-state index contributed by atoms with van der Waals surface area (Å²) in [5.74, 6) is -0.343. The molecule has 3 N–H and O–H groups in total. The minimum absolute atomic E-state index is 0.181. The number of H-pyrrole nitrogens is 1. The van der Waals surface area contributed by atoms with E-state index >= 15 is 0 Å². The lowest BCUT2D eigenvalue weighted by Gasteiger charge is -2.18. The van der Waals surface area contributed by atoms with Crippen molar-refractivity contribution < 1.29 is 4.79 Å². The third-order valence-corrected chi connectivity index (χ3v) is 3.21. The van der Waals surface area contributed by atoms with Crippen LogP contribution in [0.25, 0.3) is 0 Å². The van der Waals surface area contributed by atoms with E-state index in [1.807, 2.05) is 18.2 Å². The van der Waals surface area contributed by atoms with Gasteiger partial charge in [-0.05, 0) is 42.7 Å². The molecule has 1 amide bonds. The van der Waals surface area contributed by atoms with Gasteiger partial charge in [0.1, 0.15) is 5.69 Å². The largest absolute Gasteiger partial charge is 0.385 e. The van der Waals surface area contributed by atoms with Gasteiger partial charge in [-0.2, -0.15) is 5.10 Å². The third kappa shape index (κ3) is 2.54.